The maximum atomic E-state index is 12.1. The van der Waals surface area contributed by atoms with Crippen molar-refractivity contribution in [3.05, 3.63) is 29.8 Å². The second-order valence-corrected chi connectivity index (χ2v) is 8.60. The Kier molecular flexibility index (Phi) is 7.07. The number of carbonyl (C=O) groups is 2. The van der Waals surface area contributed by atoms with Crippen LogP contribution in [0.15, 0.2) is 32.9 Å². The van der Waals surface area contributed by atoms with Crippen LogP contribution in [-0.4, -0.2) is 52.5 Å². The van der Waals surface area contributed by atoms with E-state index in [9.17, 15) is 9.59 Å². The van der Waals surface area contributed by atoms with E-state index in [1.807, 2.05) is 0 Å². The van der Waals surface area contributed by atoms with Gasteiger partial charge in [-0.2, -0.15) is 0 Å². The number of rotatable bonds is 7. The third-order valence-corrected chi connectivity index (χ3v) is 5.85. The molecule has 2 aromatic rings. The highest BCUT2D eigenvalue weighted by Crippen LogP contribution is 2.28. The molecule has 1 N–H and O–H groups in total. The van der Waals surface area contributed by atoms with Crippen molar-refractivity contribution in [2.24, 2.45) is 0 Å². The summed E-state index contributed by atoms with van der Waals surface area (Å²) in [5.41, 5.74) is 1.14. The zero-order valence-electron chi connectivity index (χ0n) is 13.6. The third kappa shape index (κ3) is 5.50. The Morgan fingerprint density at radius 2 is 1.92 bits per heavy atom. The van der Waals surface area contributed by atoms with Crippen molar-refractivity contribution in [3.63, 3.8) is 0 Å². The summed E-state index contributed by atoms with van der Waals surface area (Å²) in [6.07, 6.45) is 0. The molecule has 2 rings (SSSR count). The number of amides is 2. The maximum absolute atomic E-state index is 12.1. The number of anilines is 1. The summed E-state index contributed by atoms with van der Waals surface area (Å²) in [5.74, 6) is 0.948. The average molecular weight is 383 g/mol. The van der Waals surface area contributed by atoms with Gasteiger partial charge in [0.25, 0.3) is 5.91 Å². The lowest BCUT2D eigenvalue weighted by Gasteiger charge is -2.11. The Balaban J connectivity index is 1.90. The Morgan fingerprint density at radius 3 is 2.58 bits per heavy atom. The predicted molar refractivity (Wildman–Crippen MR) is 100 cm³/mol. The monoisotopic (exact) mass is 382 g/mol. The van der Waals surface area contributed by atoms with E-state index in [2.05, 4.69) is 22.4 Å². The Bertz CT molecular complexity index is 718. The summed E-state index contributed by atoms with van der Waals surface area (Å²) < 4.78 is 1.69. The van der Waals surface area contributed by atoms with Crippen LogP contribution in [0.1, 0.15) is 17.3 Å². The van der Waals surface area contributed by atoms with Crippen molar-refractivity contribution in [1.29, 1.82) is 0 Å². The number of thioether (sulfide) groups is 2. The summed E-state index contributed by atoms with van der Waals surface area (Å²) in [4.78, 5) is 25.5. The molecule has 0 aliphatic carbocycles. The molecule has 1 aromatic carbocycles. The Hall–Kier alpha value is -1.58. The largest absolute Gasteiger partial charge is 0.345 e. The van der Waals surface area contributed by atoms with E-state index in [1.165, 1.54) is 28.0 Å². The Labute approximate surface area is 153 Å². The van der Waals surface area contributed by atoms with Crippen LogP contribution in [0.4, 0.5) is 5.69 Å². The molecule has 2 amide bonds. The zero-order chi connectivity index (χ0) is 17.5. The van der Waals surface area contributed by atoms with Crippen LogP contribution in [0.3, 0.4) is 0 Å². The van der Waals surface area contributed by atoms with E-state index in [-0.39, 0.29) is 17.6 Å². The van der Waals surface area contributed by atoms with Crippen molar-refractivity contribution in [2.45, 2.75) is 15.6 Å². The molecule has 0 spiro atoms. The van der Waals surface area contributed by atoms with E-state index in [0.717, 1.165) is 14.4 Å². The quantitative estimate of drug-likeness (QED) is 0.742. The number of nitrogens with one attached hydrogen (secondary N) is 1. The molecule has 0 atom stereocenters. The van der Waals surface area contributed by atoms with Crippen LogP contribution in [0, 0.1) is 0 Å². The number of benzene rings is 1. The van der Waals surface area contributed by atoms with Gasteiger partial charge in [0.15, 0.2) is 8.68 Å². The minimum absolute atomic E-state index is 0.102. The second-order valence-electron chi connectivity index (χ2n) is 4.88. The van der Waals surface area contributed by atoms with Gasteiger partial charge in [0.05, 0.1) is 5.75 Å². The van der Waals surface area contributed by atoms with Crippen LogP contribution in [0.25, 0.3) is 0 Å². The van der Waals surface area contributed by atoms with Gasteiger partial charge >= 0.3 is 0 Å². The number of hydrogen-bond acceptors (Lipinski definition) is 7. The highest BCUT2D eigenvalue weighted by molar-refractivity contribution is 8.03. The van der Waals surface area contributed by atoms with Gasteiger partial charge < -0.3 is 10.2 Å². The third-order valence-electron chi connectivity index (χ3n) is 2.78. The second kappa shape index (κ2) is 9.05. The number of aromatic nitrogens is 2. The lowest BCUT2D eigenvalue weighted by atomic mass is 10.2. The highest BCUT2D eigenvalue weighted by Gasteiger charge is 2.11. The minimum Gasteiger partial charge on any atom is -0.345 e. The SMILES string of the molecule is CCSc1nnc(SCC(=O)Nc2cccc(C(=O)N(C)C)c2)s1. The molecule has 6 nitrogen and oxygen atoms in total. The first-order valence-electron chi connectivity index (χ1n) is 7.20. The molecule has 0 radical (unpaired) electrons. The molecule has 1 heterocycles. The molecule has 128 valence electrons. The standard InChI is InChI=1S/C15H18N4O2S3/c1-4-22-14-17-18-15(24-14)23-9-12(20)16-11-7-5-6-10(8-11)13(21)19(2)3/h5-8H,4,9H2,1-3H3,(H,16,20). The molecular formula is C15H18N4O2S3. The fourth-order valence-corrected chi connectivity index (χ4v) is 4.47. The van der Waals surface area contributed by atoms with Gasteiger partial charge in [-0.05, 0) is 24.0 Å². The first-order chi connectivity index (χ1) is 11.5. The zero-order valence-corrected chi connectivity index (χ0v) is 16.1. The molecule has 0 bridgehead atoms. The van der Waals surface area contributed by atoms with Crippen molar-refractivity contribution in [1.82, 2.24) is 15.1 Å². The van der Waals surface area contributed by atoms with Crippen LogP contribution in [0.2, 0.25) is 0 Å². The van der Waals surface area contributed by atoms with E-state index in [4.69, 9.17) is 0 Å². The van der Waals surface area contributed by atoms with E-state index in [1.54, 1.807) is 50.1 Å². The average Bonchev–Trinajstić information content (AvgIpc) is 3.00. The molecule has 1 aromatic heterocycles. The smallest absolute Gasteiger partial charge is 0.253 e. The lowest BCUT2D eigenvalue weighted by Crippen LogP contribution is -2.22. The van der Waals surface area contributed by atoms with Gasteiger partial charge in [0.2, 0.25) is 5.91 Å². The molecular weight excluding hydrogens is 364 g/mol. The maximum Gasteiger partial charge on any atom is 0.253 e. The molecule has 0 unspecified atom stereocenters. The Morgan fingerprint density at radius 1 is 1.21 bits per heavy atom. The molecule has 24 heavy (non-hydrogen) atoms. The first-order valence-corrected chi connectivity index (χ1v) is 9.99. The lowest BCUT2D eigenvalue weighted by molar-refractivity contribution is -0.113. The summed E-state index contributed by atoms with van der Waals surface area (Å²) in [6, 6.07) is 6.90. The minimum atomic E-state index is -0.144. The first kappa shape index (κ1) is 18.8. The van der Waals surface area contributed by atoms with Gasteiger partial charge in [-0.15, -0.1) is 10.2 Å². The number of carbonyl (C=O) groups excluding carboxylic acids is 2. The number of hydrogen-bond donors (Lipinski definition) is 1. The molecule has 0 saturated heterocycles. The summed E-state index contributed by atoms with van der Waals surface area (Å²) >= 11 is 4.48. The van der Waals surface area contributed by atoms with Crippen molar-refractivity contribution in [2.75, 3.05) is 30.9 Å². The van der Waals surface area contributed by atoms with Crippen LogP contribution in [0.5, 0.6) is 0 Å². The van der Waals surface area contributed by atoms with Crippen molar-refractivity contribution < 1.29 is 9.59 Å². The highest BCUT2D eigenvalue weighted by atomic mass is 32.2. The predicted octanol–water partition coefficient (Wildman–Crippen LogP) is 3.08. The van der Waals surface area contributed by atoms with Gasteiger partial charge in [-0.25, -0.2) is 0 Å². The molecule has 0 aliphatic heterocycles. The number of nitrogens with zero attached hydrogens (tertiary/aromatic N) is 3. The van der Waals surface area contributed by atoms with Crippen LogP contribution < -0.4 is 5.32 Å². The van der Waals surface area contributed by atoms with Crippen molar-refractivity contribution in [3.8, 4) is 0 Å². The molecule has 0 fully saturated rings. The van der Waals surface area contributed by atoms with Gasteiger partial charge in [0, 0.05) is 25.3 Å². The molecule has 0 saturated carbocycles. The van der Waals surface area contributed by atoms with Gasteiger partial charge in [0.1, 0.15) is 0 Å². The fourth-order valence-electron chi connectivity index (χ4n) is 1.75. The van der Waals surface area contributed by atoms with Crippen molar-refractivity contribution >= 4 is 52.4 Å². The van der Waals surface area contributed by atoms with Gasteiger partial charge in [-0.3, -0.25) is 9.59 Å². The molecule has 9 heteroatoms. The summed E-state index contributed by atoms with van der Waals surface area (Å²) in [5, 5.41) is 10.9. The van der Waals surface area contributed by atoms with Gasteiger partial charge in [-0.1, -0.05) is 47.9 Å². The summed E-state index contributed by atoms with van der Waals surface area (Å²) in [7, 11) is 3.38. The van der Waals surface area contributed by atoms with Crippen LogP contribution in [-0.2, 0) is 4.79 Å². The van der Waals surface area contributed by atoms with E-state index >= 15 is 0 Å². The van der Waals surface area contributed by atoms with E-state index in [0.29, 0.717) is 11.3 Å². The normalized spacial score (nSPS) is 10.5. The van der Waals surface area contributed by atoms with E-state index < -0.39 is 0 Å². The molecule has 0 aliphatic rings. The summed E-state index contributed by atoms with van der Waals surface area (Å²) in [6.45, 7) is 2.06. The fraction of sp³-hybridized carbons (Fsp3) is 0.333. The topological polar surface area (TPSA) is 75.2 Å². The van der Waals surface area contributed by atoms with Crippen LogP contribution >= 0.6 is 34.9 Å².